The van der Waals surface area contributed by atoms with Gasteiger partial charge in [-0.15, -0.1) is 0 Å². The van der Waals surface area contributed by atoms with Crippen molar-refractivity contribution < 1.29 is 26.3 Å². The highest BCUT2D eigenvalue weighted by Gasteiger charge is 2.40. The number of alkyl halides is 6. The van der Waals surface area contributed by atoms with E-state index in [0.717, 1.165) is 32.1 Å². The van der Waals surface area contributed by atoms with Gasteiger partial charge in [-0.25, -0.2) is 0 Å². The van der Waals surface area contributed by atoms with Gasteiger partial charge >= 0.3 is 12.4 Å². The molecule has 0 heterocycles. The van der Waals surface area contributed by atoms with Gasteiger partial charge in [-0.2, -0.15) is 26.3 Å². The predicted molar refractivity (Wildman–Crippen MR) is 200 cm³/mol. The molecule has 276 valence electrons. The van der Waals surface area contributed by atoms with Crippen LogP contribution >= 0.6 is 20.1 Å². The zero-order chi connectivity index (χ0) is 37.2. The highest BCUT2D eigenvalue weighted by Crippen LogP contribution is 2.51. The van der Waals surface area contributed by atoms with Crippen LogP contribution in [-0.4, -0.2) is 28.9 Å². The Bertz CT molecular complexity index is 1860. The zero-order valence-electron chi connectivity index (χ0n) is 28.3. The summed E-state index contributed by atoms with van der Waals surface area (Å²) >= 11 is 5.33. The fourth-order valence-electron chi connectivity index (χ4n) is 7.61. The molecule has 6 nitrogen and oxygen atoms in total. The average molecular weight is 761 g/mol. The number of anilines is 3. The molecule has 0 aliphatic heterocycles. The van der Waals surface area contributed by atoms with Crippen molar-refractivity contribution in [3.05, 3.63) is 110 Å². The highest BCUT2D eigenvalue weighted by atomic mass is 32.1. The van der Waals surface area contributed by atoms with E-state index in [4.69, 9.17) is 12.2 Å². The number of thiocarbonyl (C=S) groups is 1. The lowest BCUT2D eigenvalue weighted by atomic mass is 9.89. The van der Waals surface area contributed by atoms with E-state index in [1.165, 1.54) is 10.6 Å². The van der Waals surface area contributed by atoms with Gasteiger partial charge in [-0.1, -0.05) is 79.9 Å². The van der Waals surface area contributed by atoms with Crippen LogP contribution in [0.5, 0.6) is 0 Å². The molecule has 4 N–H and O–H groups in total. The van der Waals surface area contributed by atoms with Gasteiger partial charge in [0.15, 0.2) is 5.11 Å². The molecule has 2 saturated carbocycles. The topological polar surface area (TPSA) is 82.3 Å². The van der Waals surface area contributed by atoms with Crippen LogP contribution in [0.25, 0.3) is 0 Å². The molecule has 2 unspecified atom stereocenters. The molecule has 6 rings (SSSR count). The molecule has 0 amide bonds. The van der Waals surface area contributed by atoms with Crippen molar-refractivity contribution >= 4 is 52.9 Å². The molecule has 52 heavy (non-hydrogen) atoms. The van der Waals surface area contributed by atoms with E-state index in [2.05, 4.69) is 76.7 Å². The van der Waals surface area contributed by atoms with Crippen LogP contribution in [-0.2, 0) is 12.4 Å². The van der Waals surface area contributed by atoms with Crippen molar-refractivity contribution in [2.45, 2.75) is 88.0 Å². The number of hydrogen-bond donors (Lipinski definition) is 4. The summed E-state index contributed by atoms with van der Waals surface area (Å²) < 4.78 is 80.4. The van der Waals surface area contributed by atoms with Gasteiger partial charge in [-0.3, -0.25) is 9.59 Å². The van der Waals surface area contributed by atoms with Gasteiger partial charge in [0.25, 0.3) is 10.9 Å². The van der Waals surface area contributed by atoms with Crippen molar-refractivity contribution in [3.8, 4) is 0 Å². The maximum Gasteiger partial charge on any atom is 0.416 e. The molecule has 0 saturated heterocycles. The first-order valence-electron chi connectivity index (χ1n) is 17.3. The smallest absolute Gasteiger partial charge is 0.377 e. The van der Waals surface area contributed by atoms with Gasteiger partial charge in [0, 0.05) is 23.8 Å². The molecule has 2 aliphatic rings. The second-order valence-corrected chi connectivity index (χ2v) is 16.4. The zero-order valence-corrected chi connectivity index (χ0v) is 30.0. The molecule has 0 aromatic heterocycles. The molecule has 2 fully saturated rings. The number of hydrogen-bond acceptors (Lipinski definition) is 5. The molecule has 14 heteroatoms. The van der Waals surface area contributed by atoms with Gasteiger partial charge in [-0.05, 0) is 93.1 Å². The standard InChI is InChI=1S/C38H39F6N4O2PS/c1-22(28-15-10-18-31(28)51(26-11-4-2-5-12-26)27-13-6-3-7-14-27)45-32-33(35(50)34(32)49)47-29-16-8-9-17-30(29)48-36(52)46-25-20-23(37(39,40)41)19-24(21-25)38(42,43)44/h2-7,11-14,19-22,28-31,45,47H,8-10,15-18H2,1H3,(H2,46,48,52)/t22-,28?,29+,30+,31?/m1/s1. The van der Waals surface area contributed by atoms with E-state index in [9.17, 15) is 35.9 Å². The van der Waals surface area contributed by atoms with E-state index in [1.807, 2.05) is 12.1 Å². The van der Waals surface area contributed by atoms with Gasteiger partial charge < -0.3 is 21.3 Å². The lowest BCUT2D eigenvalue weighted by Gasteiger charge is -2.36. The highest BCUT2D eigenvalue weighted by molar-refractivity contribution is 7.80. The Morgan fingerprint density at radius 1 is 0.731 bits per heavy atom. The lowest BCUT2D eigenvalue weighted by molar-refractivity contribution is -0.143. The quantitative estimate of drug-likeness (QED) is 0.0563. The number of nitrogens with one attached hydrogen (secondary N) is 4. The average Bonchev–Trinajstić information content (AvgIpc) is 3.60. The Kier molecular flexibility index (Phi) is 11.3. The predicted octanol–water partition coefficient (Wildman–Crippen LogP) is 8.13. The molecule has 4 aromatic carbocycles. The molecular formula is C38H39F6N4O2PS. The van der Waals surface area contributed by atoms with Crippen LogP contribution in [0, 0.1) is 5.92 Å². The van der Waals surface area contributed by atoms with Crippen molar-refractivity contribution in [3.63, 3.8) is 0 Å². The van der Waals surface area contributed by atoms with Gasteiger partial charge in [0.1, 0.15) is 11.4 Å². The molecule has 0 bridgehead atoms. The van der Waals surface area contributed by atoms with Crippen molar-refractivity contribution in [2.24, 2.45) is 5.92 Å². The Morgan fingerprint density at radius 3 is 1.83 bits per heavy atom. The number of benzene rings is 3. The van der Waals surface area contributed by atoms with E-state index in [1.54, 1.807) is 0 Å². The van der Waals surface area contributed by atoms with Gasteiger partial charge in [0.05, 0.1) is 11.1 Å². The van der Waals surface area contributed by atoms with Crippen LogP contribution in [0.1, 0.15) is 63.0 Å². The minimum Gasteiger partial charge on any atom is -0.377 e. The monoisotopic (exact) mass is 760 g/mol. The summed E-state index contributed by atoms with van der Waals surface area (Å²) in [5.41, 5.74) is -3.83. The lowest BCUT2D eigenvalue weighted by Crippen LogP contribution is -2.52. The molecular weight excluding hydrogens is 721 g/mol. The van der Waals surface area contributed by atoms with Gasteiger partial charge in [0.2, 0.25) is 0 Å². The second kappa shape index (κ2) is 15.6. The van der Waals surface area contributed by atoms with Crippen molar-refractivity contribution in [1.82, 2.24) is 5.32 Å². The summed E-state index contributed by atoms with van der Waals surface area (Å²) in [4.78, 5) is 25.9. The third-order valence-electron chi connectivity index (χ3n) is 10.1. The van der Waals surface area contributed by atoms with E-state index in [0.29, 0.717) is 30.6 Å². The molecule has 0 spiro atoms. The third kappa shape index (κ3) is 8.46. The Morgan fingerprint density at radius 2 is 1.27 bits per heavy atom. The van der Waals surface area contributed by atoms with Crippen LogP contribution < -0.4 is 42.7 Å². The van der Waals surface area contributed by atoms with E-state index < -0.39 is 54.0 Å². The number of rotatable bonds is 10. The first-order chi connectivity index (χ1) is 24.7. The fraction of sp³-hybridized carbons (Fsp3) is 0.395. The summed E-state index contributed by atoms with van der Waals surface area (Å²) in [6.07, 6.45) is -4.17. The summed E-state index contributed by atoms with van der Waals surface area (Å²) in [6.45, 7) is 2.06. The minimum absolute atomic E-state index is 0.0541. The first kappa shape index (κ1) is 37.8. The summed E-state index contributed by atoms with van der Waals surface area (Å²) in [6, 6.07) is 21.3. The van der Waals surface area contributed by atoms with Crippen molar-refractivity contribution in [2.75, 3.05) is 16.0 Å². The fourth-order valence-corrected chi connectivity index (χ4v) is 11.2. The molecule has 0 radical (unpaired) electrons. The van der Waals surface area contributed by atoms with Crippen LogP contribution in [0.2, 0.25) is 0 Å². The normalized spacial score (nSPS) is 21.5. The second-order valence-electron chi connectivity index (χ2n) is 13.6. The third-order valence-corrected chi connectivity index (χ3v) is 13.3. The summed E-state index contributed by atoms with van der Waals surface area (Å²) in [5.74, 6) is 0.241. The van der Waals surface area contributed by atoms with Crippen molar-refractivity contribution in [1.29, 1.82) is 0 Å². The van der Waals surface area contributed by atoms with Crippen LogP contribution in [0.3, 0.4) is 0 Å². The SMILES string of the molecule is C[C@@H](Nc1c(N[C@H]2CCCC[C@@H]2NC(=S)Nc2cc(C(F)(F)F)cc(C(F)(F)F)c2)c(=O)c1=O)C1CCCC1P(c1ccccc1)c1ccccc1. The summed E-state index contributed by atoms with van der Waals surface area (Å²) in [5, 5.41) is 14.6. The Labute approximate surface area is 304 Å². The van der Waals surface area contributed by atoms with Crippen LogP contribution in [0.15, 0.2) is 88.5 Å². The van der Waals surface area contributed by atoms with E-state index >= 15 is 0 Å². The number of halogens is 6. The molecule has 4 aromatic rings. The Hall–Kier alpha value is -3.96. The largest absolute Gasteiger partial charge is 0.416 e. The molecule has 5 atom stereocenters. The molecule has 2 aliphatic carbocycles. The maximum absolute atomic E-state index is 13.4. The summed E-state index contributed by atoms with van der Waals surface area (Å²) in [7, 11) is -0.690. The maximum atomic E-state index is 13.4. The minimum atomic E-state index is -5.00. The van der Waals surface area contributed by atoms with E-state index in [-0.39, 0.29) is 40.6 Å². The Balaban J connectivity index is 1.16. The van der Waals surface area contributed by atoms with Crippen LogP contribution in [0.4, 0.5) is 43.4 Å². The first-order valence-corrected chi connectivity index (χ1v) is 19.2.